The molecular formula is C17H21N3O4S. The van der Waals surface area contributed by atoms with Gasteiger partial charge in [-0.3, -0.25) is 0 Å². The monoisotopic (exact) mass is 363 g/mol. The molecule has 0 fully saturated rings. The van der Waals surface area contributed by atoms with Gasteiger partial charge in [0.1, 0.15) is 10.6 Å². The van der Waals surface area contributed by atoms with Crippen LogP contribution < -0.4 is 20.6 Å². The molecule has 0 atom stereocenters. The van der Waals surface area contributed by atoms with Gasteiger partial charge in [0.05, 0.1) is 11.4 Å². The number of unbranched alkanes of at least 4 members (excludes halogenated alkanes) is 1. The van der Waals surface area contributed by atoms with Crippen LogP contribution in [0.3, 0.4) is 0 Å². The first-order valence-corrected chi connectivity index (χ1v) is 9.27. The Hall–Kier alpha value is -2.74. The molecule has 134 valence electrons. The highest BCUT2D eigenvalue weighted by molar-refractivity contribution is 7.87. The summed E-state index contributed by atoms with van der Waals surface area (Å²) in [6, 6.07) is 11.8. The highest BCUT2D eigenvalue weighted by atomic mass is 32.2. The number of amides is 2. The highest BCUT2D eigenvalue weighted by Crippen LogP contribution is 2.25. The molecule has 2 aromatic rings. The van der Waals surface area contributed by atoms with E-state index >= 15 is 0 Å². The number of nitrogen functional groups attached to an aromatic ring is 1. The predicted molar refractivity (Wildman–Crippen MR) is 97.0 cm³/mol. The van der Waals surface area contributed by atoms with Crippen LogP contribution in [0, 0.1) is 0 Å². The first-order chi connectivity index (χ1) is 11.9. The summed E-state index contributed by atoms with van der Waals surface area (Å²) in [6.07, 6.45) is 1.84. The molecule has 0 bridgehead atoms. The number of urea groups is 1. The van der Waals surface area contributed by atoms with Crippen LogP contribution in [-0.2, 0) is 10.1 Å². The van der Waals surface area contributed by atoms with E-state index in [1.54, 1.807) is 18.2 Å². The largest absolute Gasteiger partial charge is 0.397 e. The number of anilines is 2. The second kappa shape index (κ2) is 8.39. The summed E-state index contributed by atoms with van der Waals surface area (Å²) in [5.74, 6) is 0.207. The van der Waals surface area contributed by atoms with Gasteiger partial charge in [0.2, 0.25) is 0 Å². The number of carbonyl (C=O) groups is 1. The van der Waals surface area contributed by atoms with Gasteiger partial charge in [-0.2, -0.15) is 8.42 Å². The Morgan fingerprint density at radius 1 is 1.16 bits per heavy atom. The minimum atomic E-state index is -4.01. The zero-order valence-electron chi connectivity index (χ0n) is 13.9. The average Bonchev–Trinajstić information content (AvgIpc) is 2.57. The van der Waals surface area contributed by atoms with Crippen molar-refractivity contribution in [2.24, 2.45) is 0 Å². The summed E-state index contributed by atoms with van der Waals surface area (Å²) in [5.41, 5.74) is 6.31. The third-order valence-corrected chi connectivity index (χ3v) is 4.57. The van der Waals surface area contributed by atoms with Crippen molar-refractivity contribution in [3.63, 3.8) is 0 Å². The normalized spacial score (nSPS) is 10.9. The van der Waals surface area contributed by atoms with Gasteiger partial charge in [-0.1, -0.05) is 31.5 Å². The van der Waals surface area contributed by atoms with Crippen LogP contribution in [0.15, 0.2) is 53.4 Å². The van der Waals surface area contributed by atoms with Crippen molar-refractivity contribution in [2.75, 3.05) is 17.6 Å². The average molecular weight is 363 g/mol. The van der Waals surface area contributed by atoms with Crippen LogP contribution in [0.4, 0.5) is 16.2 Å². The van der Waals surface area contributed by atoms with Gasteiger partial charge >= 0.3 is 16.1 Å². The Morgan fingerprint density at radius 2 is 1.88 bits per heavy atom. The van der Waals surface area contributed by atoms with E-state index in [4.69, 9.17) is 9.92 Å². The Labute approximate surface area is 147 Å². The van der Waals surface area contributed by atoms with Gasteiger partial charge in [-0.15, -0.1) is 0 Å². The Morgan fingerprint density at radius 3 is 2.52 bits per heavy atom. The van der Waals surface area contributed by atoms with Gasteiger partial charge in [0.25, 0.3) is 0 Å². The van der Waals surface area contributed by atoms with Crippen LogP contribution >= 0.6 is 0 Å². The number of hydrogen-bond acceptors (Lipinski definition) is 5. The molecule has 0 aromatic heterocycles. The van der Waals surface area contributed by atoms with Crippen molar-refractivity contribution >= 4 is 27.5 Å². The fourth-order valence-electron chi connectivity index (χ4n) is 2.01. The molecule has 2 rings (SSSR count). The Balaban J connectivity index is 2.09. The lowest BCUT2D eigenvalue weighted by Gasteiger charge is -2.12. The molecular weight excluding hydrogens is 342 g/mol. The number of nitrogens with two attached hydrogens (primary N) is 1. The number of para-hydroxylation sites is 1. The molecule has 4 N–H and O–H groups in total. The van der Waals surface area contributed by atoms with Crippen molar-refractivity contribution in [3.05, 3.63) is 48.5 Å². The minimum Gasteiger partial charge on any atom is -0.397 e. The molecule has 0 aliphatic heterocycles. The van der Waals surface area contributed by atoms with Crippen molar-refractivity contribution < 1.29 is 17.4 Å². The molecule has 0 saturated carbocycles. The van der Waals surface area contributed by atoms with Crippen LogP contribution in [0.1, 0.15) is 19.8 Å². The van der Waals surface area contributed by atoms with E-state index in [0.717, 1.165) is 12.8 Å². The smallest absolute Gasteiger partial charge is 0.339 e. The molecule has 7 nitrogen and oxygen atoms in total. The van der Waals surface area contributed by atoms with Crippen LogP contribution in [0.2, 0.25) is 0 Å². The summed E-state index contributed by atoms with van der Waals surface area (Å²) in [6.45, 7) is 2.58. The van der Waals surface area contributed by atoms with E-state index in [-0.39, 0.29) is 16.3 Å². The molecule has 0 radical (unpaired) electrons. The fourth-order valence-corrected chi connectivity index (χ4v) is 2.97. The van der Waals surface area contributed by atoms with Crippen molar-refractivity contribution in [1.29, 1.82) is 0 Å². The maximum atomic E-state index is 12.3. The van der Waals surface area contributed by atoms with Crippen molar-refractivity contribution in [2.45, 2.75) is 24.7 Å². The maximum Gasteiger partial charge on any atom is 0.339 e. The summed E-state index contributed by atoms with van der Waals surface area (Å²) in [5, 5.41) is 5.28. The van der Waals surface area contributed by atoms with E-state index in [9.17, 15) is 13.2 Å². The van der Waals surface area contributed by atoms with Crippen LogP contribution in [0.25, 0.3) is 0 Å². The lowest BCUT2D eigenvalue weighted by Crippen LogP contribution is -2.29. The van der Waals surface area contributed by atoms with E-state index in [1.807, 2.05) is 6.92 Å². The number of benzene rings is 2. The first-order valence-electron chi connectivity index (χ1n) is 7.86. The molecule has 0 aliphatic carbocycles. The molecule has 2 aromatic carbocycles. The van der Waals surface area contributed by atoms with Crippen LogP contribution in [-0.4, -0.2) is 21.0 Å². The molecule has 0 saturated heterocycles. The zero-order valence-corrected chi connectivity index (χ0v) is 14.7. The van der Waals surface area contributed by atoms with Gasteiger partial charge in [0.15, 0.2) is 0 Å². The van der Waals surface area contributed by atoms with E-state index < -0.39 is 16.1 Å². The standard InChI is InChI=1S/C17H21N3O4S/c1-2-3-11-19-17(21)20-16-10-9-14(12-15(16)18)25(22,23)24-13-7-5-4-6-8-13/h4-10,12H,2-3,11,18H2,1H3,(H2,19,20,21). The van der Waals surface area contributed by atoms with E-state index in [2.05, 4.69) is 10.6 Å². The number of nitrogens with one attached hydrogen (secondary N) is 2. The number of rotatable bonds is 7. The zero-order chi connectivity index (χ0) is 18.3. The summed E-state index contributed by atoms with van der Waals surface area (Å²) < 4.78 is 29.6. The summed E-state index contributed by atoms with van der Waals surface area (Å²) in [4.78, 5) is 11.6. The molecule has 0 aliphatic rings. The van der Waals surface area contributed by atoms with Gasteiger partial charge < -0.3 is 20.6 Å². The van der Waals surface area contributed by atoms with Crippen LogP contribution in [0.5, 0.6) is 5.75 Å². The predicted octanol–water partition coefficient (Wildman–Crippen LogP) is 2.96. The molecule has 8 heteroatoms. The highest BCUT2D eigenvalue weighted by Gasteiger charge is 2.18. The van der Waals surface area contributed by atoms with E-state index in [1.165, 1.54) is 30.3 Å². The number of hydrogen-bond donors (Lipinski definition) is 3. The lowest BCUT2D eigenvalue weighted by molar-refractivity contribution is 0.252. The maximum absolute atomic E-state index is 12.3. The summed E-state index contributed by atoms with van der Waals surface area (Å²) in [7, 11) is -4.01. The Bertz CT molecular complexity index is 823. The topological polar surface area (TPSA) is 111 Å². The molecule has 0 spiro atoms. The molecule has 25 heavy (non-hydrogen) atoms. The quantitative estimate of drug-likeness (QED) is 0.398. The van der Waals surface area contributed by atoms with Crippen molar-refractivity contribution in [1.82, 2.24) is 5.32 Å². The van der Waals surface area contributed by atoms with Crippen molar-refractivity contribution in [3.8, 4) is 5.75 Å². The fraction of sp³-hybridized carbons (Fsp3) is 0.235. The Kier molecular flexibility index (Phi) is 6.24. The lowest BCUT2D eigenvalue weighted by atomic mass is 10.3. The van der Waals surface area contributed by atoms with Gasteiger partial charge in [-0.05, 0) is 36.8 Å². The SMILES string of the molecule is CCCCNC(=O)Nc1ccc(S(=O)(=O)Oc2ccccc2)cc1N. The minimum absolute atomic E-state index is 0.0919. The first kappa shape index (κ1) is 18.6. The van der Waals surface area contributed by atoms with E-state index in [0.29, 0.717) is 12.2 Å². The second-order valence-corrected chi connectivity index (χ2v) is 6.88. The summed E-state index contributed by atoms with van der Waals surface area (Å²) >= 11 is 0. The molecule has 2 amide bonds. The third kappa shape index (κ3) is 5.39. The van der Waals surface area contributed by atoms with Gasteiger partial charge in [-0.25, -0.2) is 4.79 Å². The number of carbonyl (C=O) groups excluding carboxylic acids is 1. The molecule has 0 unspecified atom stereocenters. The third-order valence-electron chi connectivity index (χ3n) is 3.32. The second-order valence-electron chi connectivity index (χ2n) is 5.33. The van der Waals surface area contributed by atoms with Gasteiger partial charge in [0, 0.05) is 6.54 Å². The molecule has 0 heterocycles.